The lowest BCUT2D eigenvalue weighted by Gasteiger charge is -2.13. The molecule has 0 bridgehead atoms. The summed E-state index contributed by atoms with van der Waals surface area (Å²) < 4.78 is 6.92. The first kappa shape index (κ1) is 20.8. The number of ether oxygens (including phenoxy) is 1. The van der Waals surface area contributed by atoms with E-state index in [1.54, 1.807) is 12.1 Å². The average Bonchev–Trinajstić information content (AvgIpc) is 3.08. The average molecular weight is 411 g/mol. The summed E-state index contributed by atoms with van der Waals surface area (Å²) in [5.41, 5.74) is 3.38. The number of nitrogens with one attached hydrogen (secondary N) is 2. The number of carbonyl (C=O) groups excluding carboxylic acids is 1. The third-order valence-electron chi connectivity index (χ3n) is 4.68. The number of nitrogens with zero attached hydrogens (tertiary/aromatic N) is 2. The summed E-state index contributed by atoms with van der Waals surface area (Å²) >= 11 is 5.43. The number of fused-ring (bicyclic) bond motifs is 1. The van der Waals surface area contributed by atoms with E-state index in [0.717, 1.165) is 43.4 Å². The minimum Gasteiger partial charge on any atom is -0.465 e. The molecule has 0 atom stereocenters. The van der Waals surface area contributed by atoms with Gasteiger partial charge in [-0.25, -0.2) is 9.78 Å². The summed E-state index contributed by atoms with van der Waals surface area (Å²) in [6.07, 6.45) is 3.01. The highest BCUT2D eigenvalue weighted by atomic mass is 32.1. The van der Waals surface area contributed by atoms with Crippen molar-refractivity contribution >= 4 is 40.3 Å². The van der Waals surface area contributed by atoms with Gasteiger partial charge in [-0.2, -0.15) is 0 Å². The number of rotatable bonds is 8. The summed E-state index contributed by atoms with van der Waals surface area (Å²) in [5, 5.41) is 6.97. The van der Waals surface area contributed by atoms with E-state index in [9.17, 15) is 4.79 Å². The van der Waals surface area contributed by atoms with E-state index in [-0.39, 0.29) is 5.97 Å². The number of esters is 1. The lowest BCUT2D eigenvalue weighted by molar-refractivity contribution is 0.0601. The van der Waals surface area contributed by atoms with E-state index in [0.29, 0.717) is 16.6 Å². The lowest BCUT2D eigenvalue weighted by Crippen LogP contribution is -2.30. The van der Waals surface area contributed by atoms with Crippen molar-refractivity contribution in [3.05, 3.63) is 59.7 Å². The van der Waals surface area contributed by atoms with Crippen LogP contribution in [0.5, 0.6) is 0 Å². The van der Waals surface area contributed by atoms with Crippen LogP contribution in [0.15, 0.2) is 48.5 Å². The van der Waals surface area contributed by atoms with E-state index in [2.05, 4.69) is 39.2 Å². The van der Waals surface area contributed by atoms with Crippen LogP contribution in [0.1, 0.15) is 35.7 Å². The van der Waals surface area contributed by atoms with Gasteiger partial charge >= 0.3 is 5.97 Å². The summed E-state index contributed by atoms with van der Waals surface area (Å²) in [4.78, 5) is 16.6. The van der Waals surface area contributed by atoms with Gasteiger partial charge in [-0.05, 0) is 48.8 Å². The van der Waals surface area contributed by atoms with Crippen LogP contribution < -0.4 is 10.6 Å². The van der Waals surface area contributed by atoms with Crippen molar-refractivity contribution in [1.29, 1.82) is 0 Å². The molecule has 0 fully saturated rings. The Hall–Kier alpha value is -2.93. The Bertz CT molecular complexity index is 985. The molecule has 3 aromatic rings. The second-order valence-electron chi connectivity index (χ2n) is 6.75. The van der Waals surface area contributed by atoms with Crippen molar-refractivity contribution in [1.82, 2.24) is 14.9 Å². The van der Waals surface area contributed by atoms with Crippen molar-refractivity contribution in [3.63, 3.8) is 0 Å². The maximum Gasteiger partial charge on any atom is 0.337 e. The zero-order valence-electron chi connectivity index (χ0n) is 16.8. The Kier molecular flexibility index (Phi) is 7.19. The van der Waals surface area contributed by atoms with E-state index in [4.69, 9.17) is 17.0 Å². The van der Waals surface area contributed by atoms with Gasteiger partial charge in [0.05, 0.1) is 23.7 Å². The van der Waals surface area contributed by atoms with Crippen LogP contribution >= 0.6 is 12.2 Å². The highest BCUT2D eigenvalue weighted by molar-refractivity contribution is 7.80. The van der Waals surface area contributed by atoms with Crippen LogP contribution in [-0.4, -0.2) is 34.3 Å². The molecular weight excluding hydrogens is 384 g/mol. The van der Waals surface area contributed by atoms with Gasteiger partial charge in [-0.3, -0.25) is 0 Å². The van der Waals surface area contributed by atoms with Crippen LogP contribution in [0.2, 0.25) is 0 Å². The van der Waals surface area contributed by atoms with Crippen molar-refractivity contribution in [3.8, 4) is 0 Å². The largest absolute Gasteiger partial charge is 0.465 e. The summed E-state index contributed by atoms with van der Waals surface area (Å²) in [5.74, 6) is 0.281. The maximum absolute atomic E-state index is 11.9. The zero-order valence-corrected chi connectivity index (χ0v) is 17.6. The predicted octanol–water partition coefficient (Wildman–Crippen LogP) is 4.15. The molecule has 0 aliphatic heterocycles. The first-order valence-corrected chi connectivity index (χ1v) is 10.2. The normalized spacial score (nSPS) is 10.7. The Morgan fingerprint density at radius 2 is 2.00 bits per heavy atom. The fraction of sp³-hybridized carbons (Fsp3) is 0.318. The lowest BCUT2D eigenvalue weighted by atomic mass is 10.1. The van der Waals surface area contributed by atoms with Gasteiger partial charge in [0.15, 0.2) is 5.11 Å². The summed E-state index contributed by atoms with van der Waals surface area (Å²) in [7, 11) is 1.37. The molecule has 0 amide bonds. The highest BCUT2D eigenvalue weighted by Gasteiger charge is 2.15. The molecular formula is C22H26N4O2S. The van der Waals surface area contributed by atoms with Crippen molar-refractivity contribution in [2.45, 2.75) is 32.7 Å². The van der Waals surface area contributed by atoms with E-state index in [1.807, 2.05) is 24.3 Å². The summed E-state index contributed by atoms with van der Waals surface area (Å²) in [6, 6.07) is 15.7. The second kappa shape index (κ2) is 10.0. The third-order valence-corrected chi connectivity index (χ3v) is 4.92. The molecule has 1 aromatic heterocycles. The molecule has 6 nitrogen and oxygen atoms in total. The van der Waals surface area contributed by atoms with E-state index in [1.165, 1.54) is 12.7 Å². The number of thiocarbonyl (C=S) groups is 1. The fourth-order valence-electron chi connectivity index (χ4n) is 3.11. The van der Waals surface area contributed by atoms with Crippen LogP contribution in [-0.2, 0) is 17.7 Å². The number of aryl methyl sites for hydroxylation is 2. The number of hydrogen-bond donors (Lipinski definition) is 2. The zero-order chi connectivity index (χ0) is 20.6. The number of aromatic nitrogens is 2. The molecule has 152 valence electrons. The standard InChI is InChI=1S/C22H26N4O2S/c1-3-4-13-23-22(29)25-21-24-18-15-17(20(27)28-2)10-11-19(18)26(21)14-12-16-8-6-5-7-9-16/h5-11,15H,3-4,12-14H2,1-2H3,(H2,23,24,25,29). The first-order chi connectivity index (χ1) is 14.1. The molecule has 0 radical (unpaired) electrons. The Morgan fingerprint density at radius 3 is 2.72 bits per heavy atom. The molecule has 0 spiro atoms. The van der Waals surface area contributed by atoms with Crippen LogP contribution in [0, 0.1) is 0 Å². The van der Waals surface area contributed by atoms with Crippen molar-refractivity contribution in [2.75, 3.05) is 19.0 Å². The molecule has 0 saturated heterocycles. The van der Waals surface area contributed by atoms with Gasteiger partial charge in [0.2, 0.25) is 5.95 Å². The highest BCUT2D eigenvalue weighted by Crippen LogP contribution is 2.22. The molecule has 0 aliphatic carbocycles. The molecule has 3 rings (SSSR count). The monoisotopic (exact) mass is 410 g/mol. The maximum atomic E-state index is 11.9. The van der Waals surface area contributed by atoms with Gasteiger partial charge in [-0.1, -0.05) is 43.7 Å². The molecule has 0 saturated carbocycles. The van der Waals surface area contributed by atoms with Crippen LogP contribution in [0.25, 0.3) is 11.0 Å². The van der Waals surface area contributed by atoms with Gasteiger partial charge in [-0.15, -0.1) is 0 Å². The quantitative estimate of drug-likeness (QED) is 0.330. The first-order valence-electron chi connectivity index (χ1n) is 9.79. The van der Waals surface area contributed by atoms with Crippen molar-refractivity contribution in [2.24, 2.45) is 0 Å². The molecule has 7 heteroatoms. The number of hydrogen-bond acceptors (Lipinski definition) is 4. The molecule has 0 aliphatic rings. The second-order valence-corrected chi connectivity index (χ2v) is 7.16. The van der Waals surface area contributed by atoms with E-state index >= 15 is 0 Å². The Balaban J connectivity index is 1.88. The minimum absolute atomic E-state index is 0.378. The molecule has 1 heterocycles. The van der Waals surface area contributed by atoms with E-state index < -0.39 is 0 Å². The summed E-state index contributed by atoms with van der Waals surface area (Å²) in [6.45, 7) is 3.69. The smallest absolute Gasteiger partial charge is 0.337 e. The van der Waals surface area contributed by atoms with Gasteiger partial charge < -0.3 is 19.9 Å². The molecule has 2 N–H and O–H groups in total. The predicted molar refractivity (Wildman–Crippen MR) is 120 cm³/mol. The topological polar surface area (TPSA) is 68.2 Å². The number of unbranched alkanes of at least 4 members (excludes halogenated alkanes) is 1. The van der Waals surface area contributed by atoms with Crippen LogP contribution in [0.3, 0.4) is 0 Å². The number of methoxy groups -OCH3 is 1. The van der Waals surface area contributed by atoms with Crippen LogP contribution in [0.4, 0.5) is 5.95 Å². The fourth-order valence-corrected chi connectivity index (χ4v) is 3.30. The SMILES string of the molecule is CCCCNC(=S)Nc1nc2cc(C(=O)OC)ccc2n1CCc1ccccc1. The molecule has 29 heavy (non-hydrogen) atoms. The van der Waals surface area contributed by atoms with Gasteiger partial charge in [0.1, 0.15) is 0 Å². The molecule has 2 aromatic carbocycles. The van der Waals surface area contributed by atoms with Gasteiger partial charge in [0, 0.05) is 13.1 Å². The van der Waals surface area contributed by atoms with Crippen molar-refractivity contribution < 1.29 is 9.53 Å². The Labute approximate surface area is 176 Å². The molecule has 0 unspecified atom stereocenters. The number of carbonyl (C=O) groups is 1. The number of imidazole rings is 1. The number of anilines is 1. The third kappa shape index (κ3) is 5.32. The minimum atomic E-state index is -0.378. The number of benzene rings is 2. The van der Waals surface area contributed by atoms with Gasteiger partial charge in [0.25, 0.3) is 0 Å². The Morgan fingerprint density at radius 1 is 1.21 bits per heavy atom.